The van der Waals surface area contributed by atoms with E-state index in [1.54, 1.807) is 0 Å². The van der Waals surface area contributed by atoms with Crippen molar-refractivity contribution >= 4 is 5.97 Å². The molecule has 4 aliphatic carbocycles. The number of hydrogen-bond donors (Lipinski definition) is 6. The number of rotatable bonds is 6. The first-order chi connectivity index (χ1) is 20.3. The Morgan fingerprint density at radius 2 is 1.70 bits per heavy atom. The molecule has 0 bridgehead atoms. The average molecular weight is 611 g/mol. The summed E-state index contributed by atoms with van der Waals surface area (Å²) < 4.78 is 19.0. The van der Waals surface area contributed by atoms with E-state index in [1.165, 1.54) is 0 Å². The van der Waals surface area contributed by atoms with E-state index in [0.717, 1.165) is 51.6 Å². The topological polar surface area (TPSA) is 166 Å². The molecule has 4 saturated carbocycles. The number of carbonyl (C=O) groups excluding carboxylic acids is 1. The molecule has 0 aromatic heterocycles. The second kappa shape index (κ2) is 11.4. The van der Waals surface area contributed by atoms with Gasteiger partial charge in [0.15, 0.2) is 11.9 Å². The molecule has 43 heavy (non-hydrogen) atoms. The van der Waals surface area contributed by atoms with Crippen LogP contribution in [0.2, 0.25) is 0 Å². The maximum Gasteiger partial charge on any atom is 0.338 e. The molecule has 2 heterocycles. The number of aliphatic hydroxyl groups is 6. The van der Waals surface area contributed by atoms with E-state index < -0.39 is 55.0 Å². The van der Waals surface area contributed by atoms with Gasteiger partial charge in [-0.3, -0.25) is 0 Å². The Morgan fingerprint density at radius 3 is 2.37 bits per heavy atom. The number of ether oxygens (including phenoxy) is 3. The van der Waals surface area contributed by atoms with Crippen molar-refractivity contribution in [2.75, 3.05) is 13.2 Å². The molecular formula is C33H54O10. The third kappa shape index (κ3) is 5.01. The van der Waals surface area contributed by atoms with Crippen molar-refractivity contribution in [3.8, 4) is 0 Å². The smallest absolute Gasteiger partial charge is 0.338 e. The zero-order valence-corrected chi connectivity index (χ0v) is 26.2. The highest BCUT2D eigenvalue weighted by molar-refractivity contribution is 5.75. The van der Waals surface area contributed by atoms with E-state index in [1.807, 2.05) is 0 Å². The summed E-state index contributed by atoms with van der Waals surface area (Å²) in [5.41, 5.74) is 0.0310. The summed E-state index contributed by atoms with van der Waals surface area (Å²) in [7, 11) is 0. The number of fused-ring (bicyclic) bond motifs is 7. The average Bonchev–Trinajstić information content (AvgIpc) is 3.43. The van der Waals surface area contributed by atoms with Crippen molar-refractivity contribution < 1.29 is 49.6 Å². The molecule has 0 unspecified atom stereocenters. The maximum absolute atomic E-state index is 12.8. The van der Waals surface area contributed by atoms with Crippen molar-refractivity contribution in [1.29, 1.82) is 0 Å². The molecule has 10 heteroatoms. The van der Waals surface area contributed by atoms with Crippen molar-refractivity contribution in [2.45, 2.75) is 134 Å². The number of esters is 1. The van der Waals surface area contributed by atoms with Gasteiger partial charge in [0.05, 0.1) is 25.4 Å². The van der Waals surface area contributed by atoms with Crippen molar-refractivity contribution in [1.82, 2.24) is 0 Å². The lowest BCUT2D eigenvalue weighted by atomic mass is 9.44. The van der Waals surface area contributed by atoms with Gasteiger partial charge < -0.3 is 44.8 Å². The molecule has 2 saturated heterocycles. The molecule has 0 amide bonds. The van der Waals surface area contributed by atoms with Crippen LogP contribution < -0.4 is 0 Å². The summed E-state index contributed by atoms with van der Waals surface area (Å²) in [6.07, 6.45) is -0.832. The Bertz CT molecular complexity index is 1030. The van der Waals surface area contributed by atoms with Crippen LogP contribution in [-0.4, -0.2) is 98.3 Å². The van der Waals surface area contributed by atoms with Crippen molar-refractivity contribution in [2.24, 2.45) is 52.3 Å². The van der Waals surface area contributed by atoms with Crippen LogP contribution in [0.1, 0.15) is 85.5 Å². The molecule has 6 aliphatic rings. The summed E-state index contributed by atoms with van der Waals surface area (Å²) in [5.74, 6) is 1.62. The standard InChI is InChI=1S/C33H54O10/c1-16-7-10-33(41-15-16)17(2)26-24(43-33)12-21-19-6-5-18-11-22(35)25(13-32(18,4)20(19)8-9-31(21,26)3)42-30(40)29(39)28(38)27(37)23(36)14-34/h16-29,34-39H,5-15H2,1-4H3/t16-,17+,18+,19-,20+,21+,22-,23-,24+,25-,26+,27-,28+,29-,31+,32+,33+/m1/s1. The fourth-order valence-electron chi connectivity index (χ4n) is 11.3. The molecule has 246 valence electrons. The minimum atomic E-state index is -2.12. The van der Waals surface area contributed by atoms with E-state index in [4.69, 9.17) is 19.3 Å². The van der Waals surface area contributed by atoms with Crippen LogP contribution in [0.25, 0.3) is 0 Å². The lowest BCUT2D eigenvalue weighted by molar-refractivity contribution is -0.273. The molecule has 0 aromatic carbocycles. The van der Waals surface area contributed by atoms with Gasteiger partial charge in [0.25, 0.3) is 0 Å². The lowest BCUT2D eigenvalue weighted by Crippen LogP contribution is -2.58. The van der Waals surface area contributed by atoms with E-state index in [9.17, 15) is 30.3 Å². The van der Waals surface area contributed by atoms with Gasteiger partial charge in [-0.15, -0.1) is 0 Å². The Morgan fingerprint density at radius 1 is 0.953 bits per heavy atom. The second-order valence-electron chi connectivity index (χ2n) is 15.8. The second-order valence-corrected chi connectivity index (χ2v) is 15.8. The first kappa shape index (κ1) is 32.1. The van der Waals surface area contributed by atoms with Gasteiger partial charge in [-0.2, -0.15) is 0 Å². The third-order valence-corrected chi connectivity index (χ3v) is 13.7. The Balaban J connectivity index is 1.16. The first-order valence-electron chi connectivity index (χ1n) is 16.8. The van der Waals surface area contributed by atoms with Crippen LogP contribution in [0.3, 0.4) is 0 Å². The molecule has 6 fully saturated rings. The highest BCUT2D eigenvalue weighted by Crippen LogP contribution is 2.71. The first-order valence-corrected chi connectivity index (χ1v) is 16.8. The molecular weight excluding hydrogens is 556 g/mol. The molecule has 0 radical (unpaired) electrons. The van der Waals surface area contributed by atoms with Gasteiger partial charge in [-0.25, -0.2) is 4.79 Å². The Kier molecular flexibility index (Phi) is 8.54. The predicted octanol–water partition coefficient (Wildman–Crippen LogP) is 1.75. The summed E-state index contributed by atoms with van der Waals surface area (Å²) in [6.45, 7) is 9.32. The van der Waals surface area contributed by atoms with E-state index in [2.05, 4.69) is 27.7 Å². The molecule has 6 rings (SSSR count). The Labute approximate surface area is 255 Å². The summed E-state index contributed by atoms with van der Waals surface area (Å²) >= 11 is 0. The van der Waals surface area contributed by atoms with Gasteiger partial charge in [-0.1, -0.05) is 27.7 Å². The van der Waals surface area contributed by atoms with Crippen LogP contribution >= 0.6 is 0 Å². The van der Waals surface area contributed by atoms with Crippen LogP contribution in [0.4, 0.5) is 0 Å². The third-order valence-electron chi connectivity index (χ3n) is 13.7. The molecule has 6 N–H and O–H groups in total. The predicted molar refractivity (Wildman–Crippen MR) is 154 cm³/mol. The molecule has 0 aromatic rings. The monoisotopic (exact) mass is 610 g/mol. The van der Waals surface area contributed by atoms with Crippen molar-refractivity contribution in [3.63, 3.8) is 0 Å². The van der Waals surface area contributed by atoms with Gasteiger partial charge in [0.1, 0.15) is 24.4 Å². The normalized spacial score (nSPS) is 51.9. The molecule has 17 atom stereocenters. The number of aliphatic hydroxyl groups excluding tert-OH is 6. The molecule has 2 aliphatic heterocycles. The fraction of sp³-hybridized carbons (Fsp3) is 0.970. The van der Waals surface area contributed by atoms with Crippen LogP contribution in [0, 0.1) is 52.3 Å². The lowest BCUT2D eigenvalue weighted by Gasteiger charge is -2.62. The summed E-state index contributed by atoms with van der Waals surface area (Å²) in [5, 5.41) is 60.2. The SMILES string of the molecule is C[C@@H]1CC[C@]2(OC1)O[C@H]1C[C@H]3[C@@H]4CC[C@H]5C[C@@H](O)[C@H](OC(=O)[C@H](O)[C@@H](O)[C@H](O)[C@H](O)CO)C[C@]5(C)[C@H]4CC[C@]3(C)[C@H]1[C@@H]2C. The number of carbonyl (C=O) groups is 1. The van der Waals surface area contributed by atoms with Crippen LogP contribution in [0.15, 0.2) is 0 Å². The minimum Gasteiger partial charge on any atom is -0.458 e. The van der Waals surface area contributed by atoms with Crippen LogP contribution in [0.5, 0.6) is 0 Å². The largest absolute Gasteiger partial charge is 0.458 e. The van der Waals surface area contributed by atoms with Crippen molar-refractivity contribution in [3.05, 3.63) is 0 Å². The van der Waals surface area contributed by atoms with Gasteiger partial charge in [0.2, 0.25) is 0 Å². The minimum absolute atomic E-state index is 0.154. The van der Waals surface area contributed by atoms with E-state index in [-0.39, 0.29) is 16.9 Å². The fourth-order valence-corrected chi connectivity index (χ4v) is 11.3. The van der Waals surface area contributed by atoms with Gasteiger partial charge >= 0.3 is 5.97 Å². The number of hydrogen-bond acceptors (Lipinski definition) is 10. The maximum atomic E-state index is 12.8. The van der Waals surface area contributed by atoms with Gasteiger partial charge in [-0.05, 0) is 97.7 Å². The molecule has 10 nitrogen and oxygen atoms in total. The van der Waals surface area contributed by atoms with Gasteiger partial charge in [0, 0.05) is 12.3 Å². The van der Waals surface area contributed by atoms with E-state index >= 15 is 0 Å². The quantitative estimate of drug-likeness (QED) is 0.244. The van der Waals surface area contributed by atoms with Crippen LogP contribution in [-0.2, 0) is 19.0 Å². The summed E-state index contributed by atoms with van der Waals surface area (Å²) in [6, 6.07) is 0. The van der Waals surface area contributed by atoms with E-state index in [0.29, 0.717) is 54.3 Å². The highest BCUT2D eigenvalue weighted by atomic mass is 16.7. The molecule has 1 spiro atoms. The highest BCUT2D eigenvalue weighted by Gasteiger charge is 2.69. The Hall–Kier alpha value is -0.850. The zero-order valence-electron chi connectivity index (χ0n) is 26.2. The zero-order chi connectivity index (χ0) is 31.1. The summed E-state index contributed by atoms with van der Waals surface area (Å²) in [4.78, 5) is 12.8.